The van der Waals surface area contributed by atoms with Crippen LogP contribution in [0.3, 0.4) is 0 Å². The number of rotatable bonds is 4. The van der Waals surface area contributed by atoms with E-state index in [4.69, 9.17) is 15.9 Å². The highest BCUT2D eigenvalue weighted by molar-refractivity contribution is 5.87. The lowest BCUT2D eigenvalue weighted by atomic mass is 10.2. The van der Waals surface area contributed by atoms with Gasteiger partial charge in [0.15, 0.2) is 17.4 Å². The maximum atomic E-state index is 12.9. The Morgan fingerprint density at radius 2 is 2.22 bits per heavy atom. The summed E-state index contributed by atoms with van der Waals surface area (Å²) in [6, 6.07) is 0. The predicted molar refractivity (Wildman–Crippen MR) is 92.3 cm³/mol. The number of nitrogens with one attached hydrogen (secondary N) is 2. The van der Waals surface area contributed by atoms with Gasteiger partial charge in [-0.15, -0.1) is 6.42 Å². The smallest absolute Gasteiger partial charge is 0.333 e. The van der Waals surface area contributed by atoms with Gasteiger partial charge in [-0.25, -0.2) is 9.36 Å². The quantitative estimate of drug-likeness (QED) is 0.543. The van der Waals surface area contributed by atoms with Crippen molar-refractivity contribution in [1.29, 1.82) is 0 Å². The maximum Gasteiger partial charge on any atom is 0.333 e. The highest BCUT2D eigenvalue weighted by Gasteiger charge is 2.36. The van der Waals surface area contributed by atoms with E-state index in [2.05, 4.69) is 21.2 Å². The molecule has 1 radical (unpaired) electrons. The fourth-order valence-electron chi connectivity index (χ4n) is 2.88. The largest absolute Gasteiger partial charge is 0.458 e. The monoisotopic (exact) mass is 374 g/mol. The minimum absolute atomic E-state index is 0.0554. The summed E-state index contributed by atoms with van der Waals surface area (Å²) in [5, 5.41) is 2.36. The molecule has 0 bridgehead atoms. The Morgan fingerprint density at radius 1 is 1.48 bits per heavy atom. The zero-order valence-corrected chi connectivity index (χ0v) is 14.5. The summed E-state index contributed by atoms with van der Waals surface area (Å²) in [4.78, 5) is 54.5. The number of anilines is 1. The van der Waals surface area contributed by atoms with Gasteiger partial charge in [-0.2, -0.15) is 4.98 Å². The molecule has 0 saturated carbocycles. The Kier molecular flexibility index (Phi) is 4.83. The second-order valence-electron chi connectivity index (χ2n) is 5.79. The summed E-state index contributed by atoms with van der Waals surface area (Å²) < 4.78 is 12.8. The number of amides is 1. The molecule has 0 aromatic carbocycles. The third-order valence-electron chi connectivity index (χ3n) is 3.81. The van der Waals surface area contributed by atoms with Crippen molar-refractivity contribution < 1.29 is 19.1 Å². The van der Waals surface area contributed by atoms with Crippen molar-refractivity contribution in [2.24, 2.45) is 0 Å². The van der Waals surface area contributed by atoms with E-state index in [1.54, 1.807) is 0 Å². The van der Waals surface area contributed by atoms with Crippen LogP contribution in [0.4, 0.5) is 5.95 Å². The normalized spacial score (nSPS) is 19.0. The zero-order valence-electron chi connectivity index (χ0n) is 14.5. The van der Waals surface area contributed by atoms with Crippen LogP contribution >= 0.6 is 0 Å². The number of esters is 1. The number of hydrogen-bond donors (Lipinski definition) is 2. The lowest BCUT2D eigenvalue weighted by molar-refractivity contribution is -0.151. The van der Waals surface area contributed by atoms with Crippen molar-refractivity contribution in [2.75, 3.05) is 5.32 Å². The molecule has 141 valence electrons. The molecule has 11 heteroatoms. The summed E-state index contributed by atoms with van der Waals surface area (Å²) in [7, 11) is 0. The Balaban J connectivity index is 2.26. The van der Waals surface area contributed by atoms with Crippen molar-refractivity contribution in [1.82, 2.24) is 19.1 Å². The molecule has 1 aliphatic rings. The molecule has 1 saturated heterocycles. The van der Waals surface area contributed by atoms with Gasteiger partial charge in [0.1, 0.15) is 6.10 Å². The van der Waals surface area contributed by atoms with Crippen LogP contribution in [-0.4, -0.2) is 37.1 Å². The summed E-state index contributed by atoms with van der Waals surface area (Å²) in [6.07, 6.45) is 3.75. The highest BCUT2D eigenvalue weighted by atomic mass is 16.6. The van der Waals surface area contributed by atoms with Gasteiger partial charge in [-0.3, -0.25) is 29.3 Å². The van der Waals surface area contributed by atoms with Crippen LogP contribution < -0.4 is 16.6 Å². The first-order valence-electron chi connectivity index (χ1n) is 7.94. The fourth-order valence-corrected chi connectivity index (χ4v) is 2.88. The molecule has 11 nitrogen and oxygen atoms in total. The topological polar surface area (TPSA) is 137 Å². The molecule has 2 aromatic rings. The standard InChI is InChI=1S/C16H16N5O6/c1-4-6-20-11-12(18-15(17-8(2)22)19-13(11)24)21(16(20)25)14-10(5-7-26-14)27-9(3)23/h1,7,10,14H,5-6H2,2-3H3,(H2,17,18,19,22,24)/t10-,14-/m1/s1. The SMILES string of the molecule is C#CCn1c(=O)n([C@@H]2O[CH]C[C@H]2OC(C)=O)c2nc(NC(C)=O)[nH]c(=O)c21. The number of fused-ring (bicyclic) bond motifs is 1. The molecular formula is C16H16N5O6. The van der Waals surface area contributed by atoms with Crippen LogP contribution in [-0.2, 0) is 25.6 Å². The van der Waals surface area contributed by atoms with E-state index in [1.807, 2.05) is 0 Å². The van der Waals surface area contributed by atoms with E-state index >= 15 is 0 Å². The highest BCUT2D eigenvalue weighted by Crippen LogP contribution is 2.30. The number of aromatic nitrogens is 4. The lowest BCUT2D eigenvalue weighted by Crippen LogP contribution is -2.33. The first kappa shape index (κ1) is 18.4. The Morgan fingerprint density at radius 3 is 2.85 bits per heavy atom. The van der Waals surface area contributed by atoms with Crippen LogP contribution in [0.25, 0.3) is 11.2 Å². The molecule has 1 amide bonds. The van der Waals surface area contributed by atoms with E-state index < -0.39 is 35.5 Å². The number of terminal acetylenes is 1. The molecule has 2 atom stereocenters. The average molecular weight is 374 g/mol. The van der Waals surface area contributed by atoms with Crippen molar-refractivity contribution in [3.8, 4) is 12.3 Å². The summed E-state index contributed by atoms with van der Waals surface area (Å²) in [5.41, 5.74) is -1.46. The van der Waals surface area contributed by atoms with Gasteiger partial charge in [0.2, 0.25) is 11.9 Å². The third kappa shape index (κ3) is 3.34. The Bertz CT molecular complexity index is 1070. The number of nitrogens with zero attached hydrogens (tertiary/aromatic N) is 3. The summed E-state index contributed by atoms with van der Waals surface area (Å²) in [6.45, 7) is 3.70. The van der Waals surface area contributed by atoms with Gasteiger partial charge in [-0.1, -0.05) is 5.92 Å². The van der Waals surface area contributed by atoms with Gasteiger partial charge in [0, 0.05) is 20.3 Å². The lowest BCUT2D eigenvalue weighted by Gasteiger charge is -2.19. The molecule has 3 heterocycles. The molecule has 1 fully saturated rings. The van der Waals surface area contributed by atoms with E-state index in [0.717, 1.165) is 9.13 Å². The second-order valence-corrected chi connectivity index (χ2v) is 5.79. The minimum atomic E-state index is -1.03. The van der Waals surface area contributed by atoms with Gasteiger partial charge in [0.05, 0.1) is 13.2 Å². The minimum Gasteiger partial charge on any atom is -0.458 e. The molecule has 2 N–H and O–H groups in total. The first-order chi connectivity index (χ1) is 12.8. The van der Waals surface area contributed by atoms with Gasteiger partial charge in [-0.05, 0) is 0 Å². The number of carbonyl (C=O) groups is 2. The van der Waals surface area contributed by atoms with E-state index in [-0.39, 0.29) is 30.1 Å². The van der Waals surface area contributed by atoms with Crippen LogP contribution in [0.2, 0.25) is 0 Å². The molecule has 0 unspecified atom stereocenters. The molecule has 27 heavy (non-hydrogen) atoms. The Hall–Kier alpha value is -3.39. The number of ether oxygens (including phenoxy) is 2. The first-order valence-corrected chi connectivity index (χ1v) is 7.94. The van der Waals surface area contributed by atoms with Crippen molar-refractivity contribution in [2.45, 2.75) is 39.1 Å². The number of aromatic amines is 1. The number of imidazole rings is 1. The molecular weight excluding hydrogens is 358 g/mol. The van der Waals surface area contributed by atoms with Crippen LogP contribution in [0.5, 0.6) is 0 Å². The second kappa shape index (κ2) is 7.08. The van der Waals surface area contributed by atoms with Crippen molar-refractivity contribution >= 4 is 29.0 Å². The fraction of sp³-hybridized carbons (Fsp3) is 0.375. The van der Waals surface area contributed by atoms with Crippen LogP contribution in [0, 0.1) is 19.0 Å². The van der Waals surface area contributed by atoms with E-state index in [9.17, 15) is 19.2 Å². The summed E-state index contributed by atoms with van der Waals surface area (Å²) >= 11 is 0. The maximum absolute atomic E-state index is 12.9. The van der Waals surface area contributed by atoms with Crippen LogP contribution in [0.1, 0.15) is 26.5 Å². The van der Waals surface area contributed by atoms with Crippen molar-refractivity contribution in [3.05, 3.63) is 27.4 Å². The van der Waals surface area contributed by atoms with Gasteiger partial charge >= 0.3 is 11.7 Å². The van der Waals surface area contributed by atoms with Gasteiger partial charge < -0.3 is 9.47 Å². The molecule has 3 rings (SSSR count). The number of hydrogen-bond acceptors (Lipinski definition) is 7. The average Bonchev–Trinajstić information content (AvgIpc) is 3.10. The molecule has 0 spiro atoms. The third-order valence-corrected chi connectivity index (χ3v) is 3.81. The predicted octanol–water partition coefficient (Wildman–Crippen LogP) is -0.510. The summed E-state index contributed by atoms with van der Waals surface area (Å²) in [5.74, 6) is 1.15. The number of carbonyl (C=O) groups excluding carboxylic acids is 2. The van der Waals surface area contributed by atoms with Crippen molar-refractivity contribution in [3.63, 3.8) is 0 Å². The zero-order chi connectivity index (χ0) is 19.7. The molecule has 1 aliphatic heterocycles. The molecule has 2 aromatic heterocycles. The Labute approximate surface area is 152 Å². The molecule has 0 aliphatic carbocycles. The van der Waals surface area contributed by atoms with Gasteiger partial charge in [0.25, 0.3) is 5.56 Å². The van der Waals surface area contributed by atoms with Crippen LogP contribution in [0.15, 0.2) is 9.59 Å². The number of H-pyrrole nitrogens is 1. The van der Waals surface area contributed by atoms with E-state index in [0.29, 0.717) is 0 Å². The van der Waals surface area contributed by atoms with E-state index in [1.165, 1.54) is 20.5 Å².